The van der Waals surface area contributed by atoms with Crippen molar-refractivity contribution in [3.63, 3.8) is 0 Å². The zero-order valence-corrected chi connectivity index (χ0v) is 15.4. The van der Waals surface area contributed by atoms with Crippen molar-refractivity contribution in [3.05, 3.63) is 17.0 Å². The van der Waals surface area contributed by atoms with Crippen LogP contribution in [0.5, 0.6) is 0 Å². The van der Waals surface area contributed by atoms with Crippen molar-refractivity contribution in [2.24, 2.45) is 0 Å². The van der Waals surface area contributed by atoms with Crippen LogP contribution >= 0.6 is 0 Å². The fourth-order valence-corrected chi connectivity index (χ4v) is 4.57. The molecule has 24 heavy (non-hydrogen) atoms. The van der Waals surface area contributed by atoms with Crippen molar-refractivity contribution < 1.29 is 14.1 Å². The molecule has 1 spiro atoms. The van der Waals surface area contributed by atoms with Crippen LogP contribution in [0.2, 0.25) is 0 Å². The van der Waals surface area contributed by atoms with Gasteiger partial charge in [0, 0.05) is 19.2 Å². The normalized spacial score (nSPS) is 29.5. The third-order valence-corrected chi connectivity index (χ3v) is 5.64. The Morgan fingerprint density at radius 1 is 1.42 bits per heavy atom. The Morgan fingerprint density at radius 3 is 2.79 bits per heavy atom. The van der Waals surface area contributed by atoms with Gasteiger partial charge in [-0.05, 0) is 53.5 Å². The first-order valence-corrected chi connectivity index (χ1v) is 8.83. The van der Waals surface area contributed by atoms with E-state index in [1.54, 1.807) is 7.05 Å². The van der Waals surface area contributed by atoms with Gasteiger partial charge in [-0.2, -0.15) is 0 Å². The second kappa shape index (κ2) is 6.15. The van der Waals surface area contributed by atoms with Crippen molar-refractivity contribution in [2.75, 3.05) is 13.6 Å². The van der Waals surface area contributed by atoms with Crippen LogP contribution < -0.4 is 5.32 Å². The van der Waals surface area contributed by atoms with Crippen LogP contribution in [0.15, 0.2) is 4.52 Å². The average Bonchev–Trinajstić information content (AvgIpc) is 3.12. The van der Waals surface area contributed by atoms with Crippen LogP contribution in [0, 0.1) is 13.8 Å². The Balaban J connectivity index is 1.88. The SMILES string of the molecule is CNC(=O)C[C@@H]1OC(C)(C)C[C@]12CCCN2Cc1c(C)noc1C. The molecule has 0 unspecified atom stereocenters. The summed E-state index contributed by atoms with van der Waals surface area (Å²) in [5.41, 5.74) is 1.84. The minimum Gasteiger partial charge on any atom is -0.370 e. The van der Waals surface area contributed by atoms with Gasteiger partial charge in [0.1, 0.15) is 5.76 Å². The molecule has 0 aliphatic carbocycles. The molecule has 1 aromatic rings. The Hall–Kier alpha value is -1.40. The van der Waals surface area contributed by atoms with Gasteiger partial charge >= 0.3 is 0 Å². The minimum atomic E-state index is -0.208. The third-order valence-electron chi connectivity index (χ3n) is 5.64. The number of hydrogen-bond acceptors (Lipinski definition) is 5. The molecule has 2 atom stereocenters. The summed E-state index contributed by atoms with van der Waals surface area (Å²) in [6.45, 7) is 10.1. The summed E-state index contributed by atoms with van der Waals surface area (Å²) in [4.78, 5) is 14.5. The summed E-state index contributed by atoms with van der Waals surface area (Å²) in [6, 6.07) is 0. The molecular formula is C18H29N3O3. The van der Waals surface area contributed by atoms with Gasteiger partial charge < -0.3 is 14.6 Å². The first-order chi connectivity index (χ1) is 11.3. The molecule has 6 heteroatoms. The summed E-state index contributed by atoms with van der Waals surface area (Å²) in [6.07, 6.45) is 3.49. The van der Waals surface area contributed by atoms with Crippen LogP contribution in [0.4, 0.5) is 0 Å². The van der Waals surface area contributed by atoms with Crippen LogP contribution in [-0.2, 0) is 16.1 Å². The maximum Gasteiger partial charge on any atom is 0.222 e. The van der Waals surface area contributed by atoms with Gasteiger partial charge in [0.05, 0.1) is 29.4 Å². The first kappa shape index (κ1) is 17.4. The molecule has 6 nitrogen and oxygen atoms in total. The van der Waals surface area contributed by atoms with E-state index >= 15 is 0 Å². The van der Waals surface area contributed by atoms with Gasteiger partial charge in [0.15, 0.2) is 0 Å². The molecule has 2 fully saturated rings. The molecule has 0 bridgehead atoms. The lowest BCUT2D eigenvalue weighted by Crippen LogP contribution is -2.51. The van der Waals surface area contributed by atoms with E-state index in [0.717, 1.165) is 43.8 Å². The molecule has 2 aliphatic heterocycles. The van der Waals surface area contributed by atoms with Gasteiger partial charge in [-0.25, -0.2) is 0 Å². The molecule has 1 amide bonds. The summed E-state index contributed by atoms with van der Waals surface area (Å²) in [5.74, 6) is 0.928. The van der Waals surface area contributed by atoms with Crippen LogP contribution in [0.3, 0.4) is 0 Å². The highest BCUT2D eigenvalue weighted by Gasteiger charge is 2.57. The number of aryl methyl sites for hydroxylation is 2. The topological polar surface area (TPSA) is 67.6 Å². The summed E-state index contributed by atoms with van der Waals surface area (Å²) in [5, 5.41) is 6.83. The fourth-order valence-electron chi connectivity index (χ4n) is 4.57. The van der Waals surface area contributed by atoms with Crippen molar-refractivity contribution in [1.29, 1.82) is 0 Å². The lowest BCUT2D eigenvalue weighted by molar-refractivity contribution is -0.126. The zero-order valence-electron chi connectivity index (χ0n) is 15.4. The van der Waals surface area contributed by atoms with Gasteiger partial charge in [0.2, 0.25) is 5.91 Å². The van der Waals surface area contributed by atoms with Crippen molar-refractivity contribution in [2.45, 2.75) is 77.2 Å². The first-order valence-electron chi connectivity index (χ1n) is 8.83. The number of rotatable bonds is 4. The maximum atomic E-state index is 12.0. The highest BCUT2D eigenvalue weighted by Crippen LogP contribution is 2.49. The zero-order chi connectivity index (χ0) is 17.5. The molecule has 0 aromatic carbocycles. The van der Waals surface area contributed by atoms with Crippen LogP contribution in [0.25, 0.3) is 0 Å². The fraction of sp³-hybridized carbons (Fsp3) is 0.778. The highest BCUT2D eigenvalue weighted by molar-refractivity contribution is 5.76. The van der Waals surface area contributed by atoms with E-state index in [4.69, 9.17) is 9.26 Å². The van der Waals surface area contributed by atoms with Crippen molar-refractivity contribution in [3.8, 4) is 0 Å². The van der Waals surface area contributed by atoms with E-state index in [-0.39, 0.29) is 23.2 Å². The largest absolute Gasteiger partial charge is 0.370 e. The monoisotopic (exact) mass is 335 g/mol. The summed E-state index contributed by atoms with van der Waals surface area (Å²) < 4.78 is 11.7. The van der Waals surface area contributed by atoms with E-state index < -0.39 is 0 Å². The number of aromatic nitrogens is 1. The lowest BCUT2D eigenvalue weighted by atomic mass is 9.82. The standard InChI is InChI=1S/C18H29N3O3/c1-12-14(13(2)24-20-12)10-21-8-6-7-18(21)11-17(3,4)23-15(18)9-16(22)19-5/h15H,6-11H2,1-5H3,(H,19,22)/t15-,18+/m0/s1. The number of amides is 1. The van der Waals surface area contributed by atoms with E-state index in [2.05, 4.69) is 29.2 Å². The van der Waals surface area contributed by atoms with Crippen molar-refractivity contribution >= 4 is 5.91 Å². The highest BCUT2D eigenvalue weighted by atomic mass is 16.5. The number of hydrogen-bond donors (Lipinski definition) is 1. The predicted octanol–water partition coefficient (Wildman–Crippen LogP) is 2.33. The van der Waals surface area contributed by atoms with Gasteiger partial charge in [-0.1, -0.05) is 5.16 Å². The average molecular weight is 335 g/mol. The molecule has 0 saturated carbocycles. The second-order valence-electron chi connectivity index (χ2n) is 7.85. The number of carbonyl (C=O) groups is 1. The second-order valence-corrected chi connectivity index (χ2v) is 7.85. The molecule has 0 radical (unpaired) electrons. The summed E-state index contributed by atoms with van der Waals surface area (Å²) >= 11 is 0. The number of ether oxygens (including phenoxy) is 1. The van der Waals surface area contributed by atoms with Crippen molar-refractivity contribution in [1.82, 2.24) is 15.4 Å². The van der Waals surface area contributed by atoms with E-state index in [1.165, 1.54) is 5.56 Å². The van der Waals surface area contributed by atoms with Gasteiger partial charge in [-0.3, -0.25) is 9.69 Å². The predicted molar refractivity (Wildman–Crippen MR) is 90.6 cm³/mol. The molecule has 2 saturated heterocycles. The number of carbonyl (C=O) groups excluding carboxylic acids is 1. The molecule has 1 aromatic heterocycles. The Morgan fingerprint density at radius 2 is 2.17 bits per heavy atom. The van der Waals surface area contributed by atoms with E-state index in [1.807, 2.05) is 13.8 Å². The Labute approximate surface area is 143 Å². The van der Waals surface area contributed by atoms with Crippen LogP contribution in [0.1, 0.15) is 56.5 Å². The lowest BCUT2D eigenvalue weighted by Gasteiger charge is -2.38. The maximum absolute atomic E-state index is 12.0. The van der Waals surface area contributed by atoms with Gasteiger partial charge in [-0.15, -0.1) is 0 Å². The smallest absolute Gasteiger partial charge is 0.222 e. The molecule has 3 heterocycles. The summed E-state index contributed by atoms with van der Waals surface area (Å²) in [7, 11) is 1.69. The van der Waals surface area contributed by atoms with E-state index in [9.17, 15) is 4.79 Å². The van der Waals surface area contributed by atoms with E-state index in [0.29, 0.717) is 6.42 Å². The molecule has 134 valence electrons. The number of likely N-dealkylation sites (tertiary alicyclic amines) is 1. The Bertz CT molecular complexity index is 606. The minimum absolute atomic E-state index is 0.0428. The molecular weight excluding hydrogens is 306 g/mol. The number of nitrogens with zero attached hydrogens (tertiary/aromatic N) is 2. The molecule has 2 aliphatic rings. The van der Waals surface area contributed by atoms with Crippen LogP contribution in [-0.4, -0.2) is 46.8 Å². The Kier molecular flexibility index (Phi) is 4.47. The quantitative estimate of drug-likeness (QED) is 0.915. The third kappa shape index (κ3) is 2.97. The molecule has 1 N–H and O–H groups in total. The molecule has 3 rings (SSSR count). The number of nitrogens with one attached hydrogen (secondary N) is 1. The van der Waals surface area contributed by atoms with Gasteiger partial charge in [0.25, 0.3) is 0 Å².